The zero-order chi connectivity index (χ0) is 10.1. The Morgan fingerprint density at radius 1 is 1.15 bits per heavy atom. The van der Waals surface area contributed by atoms with Gasteiger partial charge in [0.1, 0.15) is 0 Å². The molecule has 0 saturated carbocycles. The molecule has 0 unspecified atom stereocenters. The van der Waals surface area contributed by atoms with Crippen molar-refractivity contribution in [3.05, 3.63) is 6.08 Å². The number of hydrogen-bond acceptors (Lipinski definition) is 5. The maximum Gasteiger partial charge on any atom is 0.575 e. The van der Waals surface area contributed by atoms with E-state index >= 15 is 0 Å². The van der Waals surface area contributed by atoms with E-state index in [1.165, 1.54) is 0 Å². The van der Waals surface area contributed by atoms with Crippen LogP contribution in [0.25, 0.3) is 0 Å². The van der Waals surface area contributed by atoms with Crippen LogP contribution in [0, 0.1) is 6.08 Å². The van der Waals surface area contributed by atoms with Crippen molar-refractivity contribution in [1.29, 1.82) is 0 Å². The van der Waals surface area contributed by atoms with Gasteiger partial charge in [0, 0.05) is 0 Å². The first kappa shape index (κ1) is 9.42. The smallest absolute Gasteiger partial charge is 0.370 e. The monoisotopic (exact) mass is 198 g/mol. The van der Waals surface area contributed by atoms with Gasteiger partial charge in [-0.05, 0) is 0 Å². The van der Waals surface area contributed by atoms with Gasteiger partial charge in [-0.3, -0.25) is 0 Å². The van der Waals surface area contributed by atoms with E-state index in [1.54, 1.807) is 0 Å². The Labute approximate surface area is 68.6 Å². The SMILES string of the molecule is Nc1nc(F)nc(OC(F)(F)F)n1. The van der Waals surface area contributed by atoms with E-state index in [4.69, 9.17) is 5.73 Å². The van der Waals surface area contributed by atoms with Gasteiger partial charge in [-0.15, -0.1) is 18.2 Å². The first-order chi connectivity index (χ1) is 5.87. The molecule has 0 saturated heterocycles. The lowest BCUT2D eigenvalue weighted by atomic mass is 10.9. The van der Waals surface area contributed by atoms with Crippen molar-refractivity contribution in [1.82, 2.24) is 15.0 Å². The molecule has 2 N–H and O–H groups in total. The molecule has 0 bridgehead atoms. The third-order valence-corrected chi connectivity index (χ3v) is 0.812. The van der Waals surface area contributed by atoms with Crippen LogP contribution in [0.1, 0.15) is 0 Å². The minimum Gasteiger partial charge on any atom is -0.370 e. The van der Waals surface area contributed by atoms with Crippen LogP contribution in [0.5, 0.6) is 6.01 Å². The van der Waals surface area contributed by atoms with Crippen LogP contribution in [0.2, 0.25) is 0 Å². The Hall–Kier alpha value is -1.67. The number of hydrogen-bond donors (Lipinski definition) is 1. The average molecular weight is 198 g/mol. The molecule has 1 heterocycles. The summed E-state index contributed by atoms with van der Waals surface area (Å²) in [5, 5.41) is 0. The fourth-order valence-electron chi connectivity index (χ4n) is 0.496. The van der Waals surface area contributed by atoms with Gasteiger partial charge in [-0.25, -0.2) is 0 Å². The lowest BCUT2D eigenvalue weighted by molar-refractivity contribution is -0.277. The molecule has 5 nitrogen and oxygen atoms in total. The highest BCUT2D eigenvalue weighted by molar-refractivity contribution is 5.15. The number of nitrogens with zero attached hydrogens (tertiary/aromatic N) is 3. The highest BCUT2D eigenvalue weighted by Crippen LogP contribution is 2.18. The average Bonchev–Trinajstić information content (AvgIpc) is 1.78. The Bertz CT molecular complexity index is 293. The maximum atomic E-state index is 12.2. The van der Waals surface area contributed by atoms with Gasteiger partial charge in [0.2, 0.25) is 5.95 Å². The number of anilines is 1. The van der Waals surface area contributed by atoms with Crippen LogP contribution in [0.4, 0.5) is 23.5 Å². The quantitative estimate of drug-likeness (QED) is 0.664. The summed E-state index contributed by atoms with van der Waals surface area (Å²) >= 11 is 0. The summed E-state index contributed by atoms with van der Waals surface area (Å²) in [4.78, 5) is 8.31. The molecule has 13 heavy (non-hydrogen) atoms. The Balaban J connectivity index is 2.90. The molecular formula is C4H2F4N4O. The van der Waals surface area contributed by atoms with Crippen molar-refractivity contribution in [2.45, 2.75) is 6.36 Å². The number of rotatable bonds is 1. The summed E-state index contributed by atoms with van der Waals surface area (Å²) < 4.78 is 50.0. The summed E-state index contributed by atoms with van der Waals surface area (Å²) in [6.45, 7) is 0. The molecule has 1 rings (SSSR count). The predicted octanol–water partition coefficient (Wildman–Crippen LogP) is 0.492. The Morgan fingerprint density at radius 2 is 1.77 bits per heavy atom. The molecule has 0 atom stereocenters. The molecule has 72 valence electrons. The molecule has 0 amide bonds. The van der Waals surface area contributed by atoms with Crippen molar-refractivity contribution >= 4 is 5.95 Å². The van der Waals surface area contributed by atoms with E-state index < -0.39 is 24.4 Å². The lowest BCUT2D eigenvalue weighted by Gasteiger charge is -2.05. The molecule has 0 aliphatic heterocycles. The summed E-state index contributed by atoms with van der Waals surface area (Å²) in [7, 11) is 0. The molecule has 0 aliphatic carbocycles. The molecule has 1 aromatic rings. The van der Waals surface area contributed by atoms with Crippen LogP contribution < -0.4 is 10.5 Å². The first-order valence-electron chi connectivity index (χ1n) is 2.79. The van der Waals surface area contributed by atoms with Crippen LogP contribution in [0.15, 0.2) is 0 Å². The fraction of sp³-hybridized carbons (Fsp3) is 0.250. The molecule has 0 fully saturated rings. The van der Waals surface area contributed by atoms with E-state index in [0.717, 1.165) is 0 Å². The Kier molecular flexibility index (Phi) is 2.17. The van der Waals surface area contributed by atoms with E-state index in [1.807, 2.05) is 0 Å². The topological polar surface area (TPSA) is 73.9 Å². The highest BCUT2D eigenvalue weighted by atomic mass is 19.4. The molecule has 9 heteroatoms. The second-order valence-corrected chi connectivity index (χ2v) is 1.79. The van der Waals surface area contributed by atoms with Crippen molar-refractivity contribution in [2.75, 3.05) is 5.73 Å². The number of nitrogens with two attached hydrogens (primary N) is 1. The van der Waals surface area contributed by atoms with Crippen molar-refractivity contribution in [2.24, 2.45) is 0 Å². The zero-order valence-electron chi connectivity index (χ0n) is 5.84. The van der Waals surface area contributed by atoms with Gasteiger partial charge in [-0.2, -0.15) is 14.4 Å². The van der Waals surface area contributed by atoms with Crippen molar-refractivity contribution in [3.63, 3.8) is 0 Å². The minimum atomic E-state index is -4.99. The number of aromatic nitrogens is 3. The largest absolute Gasteiger partial charge is 0.575 e. The second-order valence-electron chi connectivity index (χ2n) is 1.79. The van der Waals surface area contributed by atoms with Crippen LogP contribution in [-0.2, 0) is 0 Å². The highest BCUT2D eigenvalue weighted by Gasteiger charge is 2.33. The second kappa shape index (κ2) is 2.99. The van der Waals surface area contributed by atoms with E-state index in [9.17, 15) is 17.6 Å². The number of halogens is 4. The maximum absolute atomic E-state index is 12.2. The van der Waals surface area contributed by atoms with Crippen LogP contribution in [0.3, 0.4) is 0 Å². The molecule has 1 aromatic heterocycles. The number of ether oxygens (including phenoxy) is 1. The number of nitrogen functional groups attached to an aromatic ring is 1. The van der Waals surface area contributed by atoms with E-state index in [0.29, 0.717) is 0 Å². The third-order valence-electron chi connectivity index (χ3n) is 0.812. The van der Waals surface area contributed by atoms with Gasteiger partial charge in [0.25, 0.3) is 0 Å². The summed E-state index contributed by atoms with van der Waals surface area (Å²) in [6.07, 6.45) is -6.42. The van der Waals surface area contributed by atoms with Crippen molar-refractivity contribution < 1.29 is 22.3 Å². The minimum absolute atomic E-state index is 0.688. The standard InChI is InChI=1S/C4H2F4N4O/c5-1-10-2(9)12-3(11-1)13-4(6,7)8/h(H2,9,10,11,12). The van der Waals surface area contributed by atoms with Gasteiger partial charge in [0.05, 0.1) is 0 Å². The van der Waals surface area contributed by atoms with Crippen molar-refractivity contribution in [3.8, 4) is 6.01 Å². The molecule has 0 aromatic carbocycles. The number of alkyl halides is 3. The van der Waals surface area contributed by atoms with Crippen LogP contribution >= 0.6 is 0 Å². The normalized spacial score (nSPS) is 11.4. The van der Waals surface area contributed by atoms with Gasteiger partial charge >= 0.3 is 18.5 Å². The lowest BCUT2D eigenvalue weighted by Crippen LogP contribution is -2.19. The van der Waals surface area contributed by atoms with E-state index in [-0.39, 0.29) is 0 Å². The third kappa shape index (κ3) is 3.05. The first-order valence-corrected chi connectivity index (χ1v) is 2.79. The molecule has 0 aliphatic rings. The molecule has 0 spiro atoms. The summed E-state index contributed by atoms with van der Waals surface area (Å²) in [6, 6.07) is -1.22. The van der Waals surface area contributed by atoms with Gasteiger partial charge < -0.3 is 10.5 Å². The Morgan fingerprint density at radius 3 is 2.23 bits per heavy atom. The van der Waals surface area contributed by atoms with Crippen LogP contribution in [-0.4, -0.2) is 21.3 Å². The predicted molar refractivity (Wildman–Crippen MR) is 30.9 cm³/mol. The summed E-state index contributed by atoms with van der Waals surface area (Å²) in [5.41, 5.74) is 4.83. The van der Waals surface area contributed by atoms with Gasteiger partial charge in [0.15, 0.2) is 0 Å². The van der Waals surface area contributed by atoms with Gasteiger partial charge in [-0.1, -0.05) is 0 Å². The zero-order valence-corrected chi connectivity index (χ0v) is 5.84. The summed E-state index contributed by atoms with van der Waals surface area (Å²) in [5.74, 6) is -0.688. The fourth-order valence-corrected chi connectivity index (χ4v) is 0.496. The van der Waals surface area contributed by atoms with E-state index in [2.05, 4.69) is 19.7 Å². The molecule has 0 radical (unpaired) electrons. The molecular weight excluding hydrogens is 196 g/mol.